The topological polar surface area (TPSA) is 28.3 Å². The zero-order valence-corrected chi connectivity index (χ0v) is 14.1. The average Bonchev–Trinajstić information content (AvgIpc) is 2.72. The van der Waals surface area contributed by atoms with E-state index in [0.717, 1.165) is 0 Å². The van der Waals surface area contributed by atoms with Crippen LogP contribution in [0.2, 0.25) is 0 Å². The number of nitrogens with one attached hydrogen (secondary N) is 2. The number of aromatic nitrogens is 2. The molecule has 0 unspecified atom stereocenters. The summed E-state index contributed by atoms with van der Waals surface area (Å²) in [5.74, 6) is 0. The van der Waals surface area contributed by atoms with Gasteiger partial charge in [-0.3, -0.25) is 0 Å². The van der Waals surface area contributed by atoms with E-state index in [1.165, 1.54) is 54.0 Å². The zero-order chi connectivity index (χ0) is 17.1. The van der Waals surface area contributed by atoms with E-state index >= 15 is 0 Å². The lowest BCUT2D eigenvalue weighted by Crippen LogP contribution is -2.02. The Bertz CT molecular complexity index is 1360. The molecule has 0 radical (unpaired) electrons. The summed E-state index contributed by atoms with van der Waals surface area (Å²) in [6.45, 7) is 0. The smallest absolute Gasteiger partial charge is 0.217 e. The first kappa shape index (κ1) is 13.7. The van der Waals surface area contributed by atoms with Crippen LogP contribution in [-0.2, 0) is 0 Å². The molecular weight excluding hydrogens is 316 g/mol. The van der Waals surface area contributed by atoms with Gasteiger partial charge < -0.3 is 0 Å². The molecule has 0 fully saturated rings. The van der Waals surface area contributed by atoms with Gasteiger partial charge in [0.15, 0.2) is 18.6 Å². The average molecular weight is 332 g/mol. The Labute approximate surface area is 149 Å². The van der Waals surface area contributed by atoms with Gasteiger partial charge in [-0.25, -0.2) is 9.97 Å². The third-order valence-corrected chi connectivity index (χ3v) is 5.44. The van der Waals surface area contributed by atoms with Crippen molar-refractivity contribution in [1.82, 2.24) is 0 Å². The molecule has 2 heterocycles. The molecule has 0 aliphatic carbocycles. The molecule has 0 aliphatic rings. The van der Waals surface area contributed by atoms with Gasteiger partial charge in [-0.2, -0.15) is 0 Å². The molecular formula is C24H16N2+2. The highest BCUT2D eigenvalue weighted by atomic mass is 14.6. The second-order valence-corrected chi connectivity index (χ2v) is 6.84. The SMILES string of the molecule is c1c[nH+]c2c(c1)ccc1ccc3ccc4ccc5c[nH+]ccc5c4c3c12. The minimum atomic E-state index is 1.20. The van der Waals surface area contributed by atoms with Crippen LogP contribution < -0.4 is 9.97 Å². The van der Waals surface area contributed by atoms with Crippen molar-refractivity contribution in [2.24, 2.45) is 0 Å². The monoisotopic (exact) mass is 332 g/mol. The van der Waals surface area contributed by atoms with Gasteiger partial charge in [0.05, 0.1) is 5.39 Å². The zero-order valence-electron chi connectivity index (χ0n) is 14.1. The molecule has 0 saturated carbocycles. The van der Waals surface area contributed by atoms with Crippen LogP contribution in [0.25, 0.3) is 54.0 Å². The van der Waals surface area contributed by atoms with Crippen LogP contribution in [0.15, 0.2) is 85.3 Å². The first-order valence-electron chi connectivity index (χ1n) is 8.87. The first-order valence-corrected chi connectivity index (χ1v) is 8.87. The number of hydrogen-bond donors (Lipinski definition) is 0. The van der Waals surface area contributed by atoms with Crippen LogP contribution in [-0.4, -0.2) is 0 Å². The lowest BCUT2D eigenvalue weighted by Gasteiger charge is -2.10. The fourth-order valence-electron chi connectivity index (χ4n) is 4.26. The number of fused-ring (bicyclic) bond motifs is 9. The van der Waals surface area contributed by atoms with Crippen LogP contribution in [0.5, 0.6) is 0 Å². The number of aromatic amines is 2. The van der Waals surface area contributed by atoms with Gasteiger partial charge in [0.2, 0.25) is 5.52 Å². The van der Waals surface area contributed by atoms with Crippen LogP contribution >= 0.6 is 0 Å². The second-order valence-electron chi connectivity index (χ2n) is 6.84. The largest absolute Gasteiger partial charge is 0.219 e. The van der Waals surface area contributed by atoms with Crippen LogP contribution in [0, 0.1) is 0 Å². The van der Waals surface area contributed by atoms with Crippen molar-refractivity contribution < 1.29 is 9.97 Å². The van der Waals surface area contributed by atoms with Gasteiger partial charge in [-0.15, -0.1) is 0 Å². The Morgan fingerprint density at radius 3 is 1.96 bits per heavy atom. The van der Waals surface area contributed by atoms with Crippen molar-refractivity contribution in [3.63, 3.8) is 0 Å². The summed E-state index contributed by atoms with van der Waals surface area (Å²) in [6.07, 6.45) is 6.09. The molecule has 26 heavy (non-hydrogen) atoms. The Balaban J connectivity index is 2.03. The fraction of sp³-hybridized carbons (Fsp3) is 0. The normalized spacial score (nSPS) is 11.8. The van der Waals surface area contributed by atoms with Crippen LogP contribution in [0.4, 0.5) is 0 Å². The predicted octanol–water partition coefficient (Wildman–Crippen LogP) is 5.08. The third kappa shape index (κ3) is 1.76. The lowest BCUT2D eigenvalue weighted by molar-refractivity contribution is -0.375. The minimum absolute atomic E-state index is 1.20. The van der Waals surface area contributed by atoms with E-state index in [9.17, 15) is 0 Å². The van der Waals surface area contributed by atoms with Crippen molar-refractivity contribution in [2.75, 3.05) is 0 Å². The molecule has 120 valence electrons. The van der Waals surface area contributed by atoms with E-state index in [-0.39, 0.29) is 0 Å². The van der Waals surface area contributed by atoms with Crippen molar-refractivity contribution in [1.29, 1.82) is 0 Å². The quantitative estimate of drug-likeness (QED) is 0.347. The highest BCUT2D eigenvalue weighted by Gasteiger charge is 2.14. The van der Waals surface area contributed by atoms with Crippen molar-refractivity contribution >= 4 is 54.0 Å². The summed E-state index contributed by atoms with van der Waals surface area (Å²) in [7, 11) is 0. The Hall–Kier alpha value is -3.52. The van der Waals surface area contributed by atoms with Crippen molar-refractivity contribution in [2.45, 2.75) is 0 Å². The van der Waals surface area contributed by atoms with Gasteiger partial charge in [0.1, 0.15) is 0 Å². The van der Waals surface area contributed by atoms with E-state index in [2.05, 4.69) is 82.9 Å². The molecule has 2 nitrogen and oxygen atoms in total. The molecule has 2 heteroatoms. The molecule has 0 saturated heterocycles. The summed E-state index contributed by atoms with van der Waals surface area (Å²) in [4.78, 5) is 6.70. The molecule has 0 bridgehead atoms. The third-order valence-electron chi connectivity index (χ3n) is 5.44. The van der Waals surface area contributed by atoms with Gasteiger partial charge >= 0.3 is 0 Å². The summed E-state index contributed by atoms with van der Waals surface area (Å²) in [5.41, 5.74) is 1.20. The van der Waals surface area contributed by atoms with Gasteiger partial charge in [-0.1, -0.05) is 36.4 Å². The molecule has 0 amide bonds. The van der Waals surface area contributed by atoms with E-state index in [1.807, 2.05) is 12.4 Å². The molecule has 6 rings (SSSR count). The standard InChI is InChI=1S/C24H14N2/c1-2-18-9-7-17-6-5-16-4-3-15-8-10-19-14-25-13-11-20(19)21(15)22(16)23(17)24(18)26-12-1/h1-14H/p+2. The van der Waals surface area contributed by atoms with E-state index in [1.54, 1.807) is 0 Å². The highest BCUT2D eigenvalue weighted by molar-refractivity contribution is 6.30. The van der Waals surface area contributed by atoms with E-state index < -0.39 is 0 Å². The highest BCUT2D eigenvalue weighted by Crippen LogP contribution is 2.37. The number of rotatable bonds is 0. The van der Waals surface area contributed by atoms with E-state index in [0.29, 0.717) is 0 Å². The maximum Gasteiger partial charge on any atom is 0.219 e. The Kier molecular flexibility index (Phi) is 2.64. The maximum atomic E-state index is 3.49. The van der Waals surface area contributed by atoms with E-state index in [4.69, 9.17) is 0 Å². The van der Waals surface area contributed by atoms with Gasteiger partial charge in [0, 0.05) is 33.7 Å². The number of H-pyrrole nitrogens is 2. The number of benzene rings is 4. The molecule has 2 aromatic heterocycles. The van der Waals surface area contributed by atoms with Crippen LogP contribution in [0.3, 0.4) is 0 Å². The fourth-order valence-corrected chi connectivity index (χ4v) is 4.26. The summed E-state index contributed by atoms with van der Waals surface area (Å²) < 4.78 is 0. The number of hydrogen-bond acceptors (Lipinski definition) is 0. The Morgan fingerprint density at radius 2 is 1.15 bits per heavy atom. The molecule has 2 N–H and O–H groups in total. The maximum absolute atomic E-state index is 3.49. The summed E-state index contributed by atoms with van der Waals surface area (Å²) in [6, 6.07) is 24.2. The Morgan fingerprint density at radius 1 is 0.500 bits per heavy atom. The molecule has 0 atom stereocenters. The van der Waals surface area contributed by atoms with Crippen LogP contribution in [0.1, 0.15) is 0 Å². The molecule has 4 aromatic carbocycles. The number of pyridine rings is 2. The minimum Gasteiger partial charge on any atom is -0.217 e. The van der Waals surface area contributed by atoms with Crippen molar-refractivity contribution in [3.8, 4) is 0 Å². The molecule has 6 aromatic rings. The summed E-state index contributed by atoms with van der Waals surface area (Å²) >= 11 is 0. The second kappa shape index (κ2) is 4.99. The van der Waals surface area contributed by atoms with Gasteiger partial charge in [0.25, 0.3) is 0 Å². The molecule has 0 aliphatic heterocycles. The summed E-state index contributed by atoms with van der Waals surface area (Å²) in [5, 5.41) is 11.5. The van der Waals surface area contributed by atoms with Gasteiger partial charge in [-0.05, 0) is 39.7 Å². The predicted molar refractivity (Wildman–Crippen MR) is 107 cm³/mol. The lowest BCUT2D eigenvalue weighted by atomic mass is 9.92. The molecule has 0 spiro atoms. The van der Waals surface area contributed by atoms with Crippen molar-refractivity contribution in [3.05, 3.63) is 85.3 Å². The first-order chi connectivity index (χ1) is 12.9.